The summed E-state index contributed by atoms with van der Waals surface area (Å²) >= 11 is 0. The van der Waals surface area contributed by atoms with Crippen LogP contribution in [-0.4, -0.2) is 50.6 Å². The molecule has 0 spiro atoms. The monoisotopic (exact) mass is 448 g/mol. The summed E-state index contributed by atoms with van der Waals surface area (Å²) in [6, 6.07) is 6.92. The maximum atomic E-state index is 13.6. The molecular weight excluding hydrogens is 418 g/mol. The van der Waals surface area contributed by atoms with Crippen LogP contribution in [0.15, 0.2) is 29.3 Å². The van der Waals surface area contributed by atoms with Crippen molar-refractivity contribution in [2.24, 2.45) is 4.99 Å². The van der Waals surface area contributed by atoms with Crippen LogP contribution in [0, 0.1) is 5.82 Å². The molecule has 1 fully saturated rings. The summed E-state index contributed by atoms with van der Waals surface area (Å²) < 4.78 is 13.6. The van der Waals surface area contributed by atoms with Gasteiger partial charge in [0.05, 0.1) is 0 Å². The van der Waals surface area contributed by atoms with E-state index in [1.807, 2.05) is 12.1 Å². The van der Waals surface area contributed by atoms with E-state index in [9.17, 15) is 4.39 Å². The summed E-state index contributed by atoms with van der Waals surface area (Å²) in [6.07, 6.45) is 6.01. The normalized spacial score (nSPS) is 16.2. The predicted octanol–water partition coefficient (Wildman–Crippen LogP) is 3.03. The molecule has 1 heterocycles. The van der Waals surface area contributed by atoms with Gasteiger partial charge in [-0.3, -0.25) is 4.99 Å². The first-order chi connectivity index (χ1) is 11.3. The lowest BCUT2D eigenvalue weighted by Crippen LogP contribution is -2.42. The molecule has 0 unspecified atom stereocenters. The molecule has 0 aliphatic carbocycles. The summed E-state index contributed by atoms with van der Waals surface area (Å²) in [5.74, 6) is 0.648. The minimum absolute atomic E-state index is 0. The Kier molecular flexibility index (Phi) is 11.0. The minimum Gasteiger partial charge on any atom is -0.356 e. The summed E-state index contributed by atoms with van der Waals surface area (Å²) in [5.41, 5.74) is 0.736. The molecule has 1 aliphatic rings. The maximum absolute atomic E-state index is 13.6. The highest BCUT2D eigenvalue weighted by atomic mass is 127. The second kappa shape index (κ2) is 12.5. The number of halogens is 2. The molecule has 0 radical (unpaired) electrons. The SMILES string of the molecule is CN=C(NCCc1ccccc1F)NCCN1CCCCCC1.I. The van der Waals surface area contributed by atoms with Crippen LogP contribution < -0.4 is 10.6 Å². The third-order valence-corrected chi connectivity index (χ3v) is 4.29. The number of benzene rings is 1. The summed E-state index contributed by atoms with van der Waals surface area (Å²) in [6.45, 7) is 5.03. The molecule has 0 amide bonds. The smallest absolute Gasteiger partial charge is 0.191 e. The molecule has 4 nitrogen and oxygen atoms in total. The van der Waals surface area contributed by atoms with Crippen LogP contribution in [0.1, 0.15) is 31.2 Å². The average Bonchev–Trinajstić information content (AvgIpc) is 2.84. The molecule has 0 saturated carbocycles. The van der Waals surface area contributed by atoms with E-state index in [2.05, 4.69) is 20.5 Å². The van der Waals surface area contributed by atoms with Crippen LogP contribution in [0.4, 0.5) is 4.39 Å². The first kappa shape index (κ1) is 21.2. The molecule has 6 heteroatoms. The first-order valence-corrected chi connectivity index (χ1v) is 8.70. The van der Waals surface area contributed by atoms with Crippen LogP contribution in [0.25, 0.3) is 0 Å². The standard InChI is InChI=1S/C18H29FN4.HI/c1-20-18(21-11-10-16-8-4-5-9-17(16)19)22-12-15-23-13-6-2-3-7-14-23;/h4-5,8-9H,2-3,6-7,10-15H2,1H3,(H2,20,21,22);1H. The summed E-state index contributed by atoms with van der Waals surface area (Å²) in [5, 5.41) is 6.59. The number of hydrogen-bond acceptors (Lipinski definition) is 2. The fourth-order valence-electron chi connectivity index (χ4n) is 2.93. The lowest BCUT2D eigenvalue weighted by Gasteiger charge is -2.20. The number of nitrogens with one attached hydrogen (secondary N) is 2. The largest absolute Gasteiger partial charge is 0.356 e. The van der Waals surface area contributed by atoms with Crippen molar-refractivity contribution in [3.05, 3.63) is 35.6 Å². The average molecular weight is 448 g/mol. The van der Waals surface area contributed by atoms with Gasteiger partial charge in [0.15, 0.2) is 5.96 Å². The van der Waals surface area contributed by atoms with Gasteiger partial charge >= 0.3 is 0 Å². The van der Waals surface area contributed by atoms with E-state index in [4.69, 9.17) is 0 Å². The van der Waals surface area contributed by atoms with E-state index in [0.29, 0.717) is 13.0 Å². The van der Waals surface area contributed by atoms with Gasteiger partial charge in [-0.05, 0) is 44.0 Å². The van der Waals surface area contributed by atoms with Crippen LogP contribution in [0.5, 0.6) is 0 Å². The van der Waals surface area contributed by atoms with Crippen LogP contribution in [0.3, 0.4) is 0 Å². The highest BCUT2D eigenvalue weighted by molar-refractivity contribution is 14.0. The zero-order valence-corrected chi connectivity index (χ0v) is 16.9. The van der Waals surface area contributed by atoms with Crippen LogP contribution >= 0.6 is 24.0 Å². The van der Waals surface area contributed by atoms with Gasteiger partial charge in [0.25, 0.3) is 0 Å². The van der Waals surface area contributed by atoms with Gasteiger partial charge in [-0.15, -0.1) is 24.0 Å². The van der Waals surface area contributed by atoms with E-state index in [-0.39, 0.29) is 29.8 Å². The molecule has 0 bridgehead atoms. The third kappa shape index (κ3) is 7.79. The minimum atomic E-state index is -0.140. The van der Waals surface area contributed by atoms with Gasteiger partial charge in [0, 0.05) is 26.7 Å². The Hall–Kier alpha value is -0.890. The number of likely N-dealkylation sites (tertiary alicyclic amines) is 1. The zero-order chi connectivity index (χ0) is 16.3. The molecule has 0 atom stereocenters. The van der Waals surface area contributed by atoms with Crippen molar-refractivity contribution < 1.29 is 4.39 Å². The molecule has 1 aromatic rings. The Morgan fingerprint density at radius 3 is 2.42 bits per heavy atom. The van der Waals surface area contributed by atoms with Crippen LogP contribution in [0.2, 0.25) is 0 Å². The molecule has 1 saturated heterocycles. The number of aliphatic imine (C=N–C) groups is 1. The molecule has 136 valence electrons. The lowest BCUT2D eigenvalue weighted by molar-refractivity contribution is 0.289. The van der Waals surface area contributed by atoms with Crippen molar-refractivity contribution in [2.75, 3.05) is 39.8 Å². The molecule has 2 N–H and O–H groups in total. The van der Waals surface area contributed by atoms with Crippen molar-refractivity contribution in [2.45, 2.75) is 32.1 Å². The fraction of sp³-hybridized carbons (Fsp3) is 0.611. The first-order valence-electron chi connectivity index (χ1n) is 8.70. The van der Waals surface area contributed by atoms with Crippen molar-refractivity contribution in [3.63, 3.8) is 0 Å². The predicted molar refractivity (Wildman–Crippen MR) is 110 cm³/mol. The summed E-state index contributed by atoms with van der Waals surface area (Å²) in [7, 11) is 1.77. The van der Waals surface area contributed by atoms with Crippen molar-refractivity contribution in [1.82, 2.24) is 15.5 Å². The Morgan fingerprint density at radius 2 is 1.75 bits per heavy atom. The van der Waals surface area contributed by atoms with E-state index in [1.54, 1.807) is 13.1 Å². The number of nitrogens with zero attached hydrogens (tertiary/aromatic N) is 2. The van der Waals surface area contributed by atoms with Crippen LogP contribution in [-0.2, 0) is 6.42 Å². The second-order valence-corrected chi connectivity index (χ2v) is 6.02. The van der Waals surface area contributed by atoms with Gasteiger partial charge in [-0.25, -0.2) is 4.39 Å². The zero-order valence-electron chi connectivity index (χ0n) is 14.6. The Balaban J connectivity index is 0.00000288. The highest BCUT2D eigenvalue weighted by Crippen LogP contribution is 2.08. The molecule has 24 heavy (non-hydrogen) atoms. The van der Waals surface area contributed by atoms with Gasteiger partial charge in [-0.1, -0.05) is 31.0 Å². The van der Waals surface area contributed by atoms with Crippen molar-refractivity contribution in [1.29, 1.82) is 0 Å². The highest BCUT2D eigenvalue weighted by Gasteiger charge is 2.08. The van der Waals surface area contributed by atoms with E-state index in [1.165, 1.54) is 44.8 Å². The van der Waals surface area contributed by atoms with Gasteiger partial charge in [-0.2, -0.15) is 0 Å². The van der Waals surface area contributed by atoms with Gasteiger partial charge in [0.1, 0.15) is 5.82 Å². The quantitative estimate of drug-likeness (QED) is 0.400. The Labute approximate surface area is 162 Å². The molecular formula is C18H30FIN4. The fourth-order valence-corrected chi connectivity index (χ4v) is 2.93. The van der Waals surface area contributed by atoms with Gasteiger partial charge < -0.3 is 15.5 Å². The van der Waals surface area contributed by atoms with E-state index < -0.39 is 0 Å². The maximum Gasteiger partial charge on any atom is 0.191 e. The topological polar surface area (TPSA) is 39.7 Å². The van der Waals surface area contributed by atoms with Crippen molar-refractivity contribution >= 4 is 29.9 Å². The van der Waals surface area contributed by atoms with E-state index in [0.717, 1.165) is 24.6 Å². The Bertz CT molecular complexity index is 488. The third-order valence-electron chi connectivity index (χ3n) is 4.29. The van der Waals surface area contributed by atoms with Gasteiger partial charge in [0.2, 0.25) is 0 Å². The number of rotatable bonds is 6. The molecule has 1 aromatic carbocycles. The molecule has 2 rings (SSSR count). The Morgan fingerprint density at radius 1 is 1.08 bits per heavy atom. The molecule has 1 aliphatic heterocycles. The van der Waals surface area contributed by atoms with E-state index >= 15 is 0 Å². The second-order valence-electron chi connectivity index (χ2n) is 6.02. The number of hydrogen-bond donors (Lipinski definition) is 2. The molecule has 0 aromatic heterocycles. The lowest BCUT2D eigenvalue weighted by atomic mass is 10.1. The van der Waals surface area contributed by atoms with Crippen molar-refractivity contribution in [3.8, 4) is 0 Å². The summed E-state index contributed by atoms with van der Waals surface area (Å²) in [4.78, 5) is 6.75. The number of guanidine groups is 1.